The van der Waals surface area contributed by atoms with Gasteiger partial charge in [0, 0.05) is 17.2 Å². The van der Waals surface area contributed by atoms with Crippen molar-refractivity contribution in [3.8, 4) is 17.2 Å². The van der Waals surface area contributed by atoms with E-state index in [2.05, 4.69) is 10.5 Å². The molecule has 0 fully saturated rings. The lowest BCUT2D eigenvalue weighted by Crippen LogP contribution is -2.17. The van der Waals surface area contributed by atoms with E-state index in [1.54, 1.807) is 0 Å². The van der Waals surface area contributed by atoms with E-state index in [-0.39, 0.29) is 29.5 Å². The number of rotatable bonds is 8. The molecule has 0 unspecified atom stereocenters. The topological polar surface area (TPSA) is 123 Å². The largest absolute Gasteiger partial charge is 0.508 e. The van der Waals surface area contributed by atoms with Crippen LogP contribution in [0.5, 0.6) is 17.2 Å². The molecule has 0 bridgehead atoms. The maximum Gasteiger partial charge on any atom is 0.315 e. The fourth-order valence-electron chi connectivity index (χ4n) is 2.69. The van der Waals surface area contributed by atoms with Gasteiger partial charge >= 0.3 is 5.69 Å². The molecule has 0 radical (unpaired) electrons. The molecule has 0 heterocycles. The summed E-state index contributed by atoms with van der Waals surface area (Å²) in [6.45, 7) is 0.133. The van der Waals surface area contributed by atoms with E-state index in [1.807, 2.05) is 30.3 Å². The number of phenols is 1. The maximum absolute atomic E-state index is 12.1. The lowest BCUT2D eigenvalue weighted by atomic mass is 10.1. The first-order valence-corrected chi connectivity index (χ1v) is 9.13. The van der Waals surface area contributed by atoms with E-state index in [9.17, 15) is 20.0 Å². The molecule has 0 aliphatic heterocycles. The van der Waals surface area contributed by atoms with Gasteiger partial charge in [-0.15, -0.1) is 0 Å². The van der Waals surface area contributed by atoms with E-state index in [0.717, 1.165) is 5.56 Å². The van der Waals surface area contributed by atoms with Crippen LogP contribution in [-0.4, -0.2) is 29.3 Å². The molecule has 0 aromatic heterocycles. The van der Waals surface area contributed by atoms with Crippen molar-refractivity contribution in [2.24, 2.45) is 5.10 Å². The van der Waals surface area contributed by atoms with Crippen molar-refractivity contribution in [1.29, 1.82) is 0 Å². The average molecular weight is 421 g/mol. The van der Waals surface area contributed by atoms with Crippen molar-refractivity contribution in [2.75, 3.05) is 7.11 Å². The van der Waals surface area contributed by atoms with Crippen molar-refractivity contribution >= 4 is 17.8 Å². The zero-order valence-electron chi connectivity index (χ0n) is 16.5. The van der Waals surface area contributed by atoms with E-state index >= 15 is 0 Å². The van der Waals surface area contributed by atoms with Crippen LogP contribution in [0.1, 0.15) is 21.5 Å². The van der Waals surface area contributed by atoms with Gasteiger partial charge < -0.3 is 14.6 Å². The fraction of sp³-hybridized carbons (Fsp3) is 0.0909. The lowest BCUT2D eigenvalue weighted by molar-refractivity contribution is -0.386. The van der Waals surface area contributed by atoms with Crippen molar-refractivity contribution in [1.82, 2.24) is 5.43 Å². The summed E-state index contributed by atoms with van der Waals surface area (Å²) in [5.41, 5.74) is 3.51. The summed E-state index contributed by atoms with van der Waals surface area (Å²) in [6, 6.07) is 17.7. The summed E-state index contributed by atoms with van der Waals surface area (Å²) in [5.74, 6) is -0.298. The Kier molecular flexibility index (Phi) is 6.79. The van der Waals surface area contributed by atoms with Gasteiger partial charge in [0.15, 0.2) is 5.75 Å². The number of hydrogen-bond acceptors (Lipinski definition) is 7. The first kappa shape index (κ1) is 21.3. The summed E-state index contributed by atoms with van der Waals surface area (Å²) >= 11 is 0. The Bertz CT molecular complexity index is 1100. The molecule has 158 valence electrons. The highest BCUT2D eigenvalue weighted by Crippen LogP contribution is 2.38. The zero-order valence-corrected chi connectivity index (χ0v) is 16.5. The molecular weight excluding hydrogens is 402 g/mol. The van der Waals surface area contributed by atoms with Gasteiger partial charge in [0.25, 0.3) is 5.91 Å². The van der Waals surface area contributed by atoms with Gasteiger partial charge in [0.2, 0.25) is 5.75 Å². The minimum absolute atomic E-state index is 0.00151. The Hall–Kier alpha value is -4.40. The Morgan fingerprint density at radius 2 is 1.87 bits per heavy atom. The zero-order chi connectivity index (χ0) is 22.2. The van der Waals surface area contributed by atoms with Gasteiger partial charge in [-0.3, -0.25) is 14.9 Å². The molecule has 2 N–H and O–H groups in total. The molecule has 0 saturated carbocycles. The van der Waals surface area contributed by atoms with Crippen molar-refractivity contribution in [3.05, 3.63) is 93.5 Å². The van der Waals surface area contributed by atoms with Crippen molar-refractivity contribution < 1.29 is 24.3 Å². The van der Waals surface area contributed by atoms with Crippen LogP contribution in [0.2, 0.25) is 0 Å². The first-order valence-electron chi connectivity index (χ1n) is 9.13. The van der Waals surface area contributed by atoms with Crippen molar-refractivity contribution in [3.63, 3.8) is 0 Å². The Morgan fingerprint density at radius 1 is 1.16 bits per heavy atom. The van der Waals surface area contributed by atoms with Crippen LogP contribution in [0, 0.1) is 10.1 Å². The number of hydrogen-bond donors (Lipinski definition) is 2. The van der Waals surface area contributed by atoms with Crippen molar-refractivity contribution in [2.45, 2.75) is 6.61 Å². The molecule has 9 nitrogen and oxygen atoms in total. The highest BCUT2D eigenvalue weighted by atomic mass is 16.6. The Labute approximate surface area is 177 Å². The number of phenolic OH excluding ortho intramolecular Hbond substituents is 1. The van der Waals surface area contributed by atoms with Gasteiger partial charge in [-0.05, 0) is 35.9 Å². The second-order valence-corrected chi connectivity index (χ2v) is 6.35. The molecule has 0 saturated heterocycles. The Balaban J connectivity index is 1.78. The number of carbonyl (C=O) groups is 1. The highest BCUT2D eigenvalue weighted by Gasteiger charge is 2.22. The van der Waals surface area contributed by atoms with Gasteiger partial charge in [0.05, 0.1) is 18.2 Å². The second-order valence-electron chi connectivity index (χ2n) is 6.35. The molecule has 0 spiro atoms. The third kappa shape index (κ3) is 5.57. The summed E-state index contributed by atoms with van der Waals surface area (Å²) in [7, 11) is 1.38. The molecule has 3 aromatic carbocycles. The second kappa shape index (κ2) is 9.88. The standard InChI is InChI=1S/C22H19N3O6/c1-30-20-12-16(13-23-24-22(27)17-7-9-18(26)10-8-17)11-19(25(28)29)21(20)31-14-15-5-3-2-4-6-15/h2-13,26H,14H2,1H3,(H,24,27)/b23-13-. The van der Waals surface area contributed by atoms with Gasteiger partial charge in [-0.2, -0.15) is 5.10 Å². The number of amides is 1. The van der Waals surface area contributed by atoms with Crippen LogP contribution in [-0.2, 0) is 6.61 Å². The molecule has 0 aliphatic rings. The number of nitrogens with one attached hydrogen (secondary N) is 1. The number of hydrazone groups is 1. The smallest absolute Gasteiger partial charge is 0.315 e. The molecule has 3 aromatic rings. The average Bonchev–Trinajstić information content (AvgIpc) is 2.78. The quantitative estimate of drug-likeness (QED) is 0.325. The fourth-order valence-corrected chi connectivity index (χ4v) is 2.69. The molecule has 3 rings (SSSR count). The number of carbonyl (C=O) groups excluding carboxylic acids is 1. The molecular formula is C22H19N3O6. The number of aromatic hydroxyl groups is 1. The number of nitro benzene ring substituents is 1. The third-order valence-electron chi connectivity index (χ3n) is 4.21. The van der Waals surface area contributed by atoms with Gasteiger partial charge in [-0.1, -0.05) is 30.3 Å². The van der Waals surface area contributed by atoms with Crippen LogP contribution >= 0.6 is 0 Å². The van der Waals surface area contributed by atoms with Crippen LogP contribution in [0.15, 0.2) is 71.8 Å². The van der Waals surface area contributed by atoms with E-state index < -0.39 is 10.8 Å². The van der Waals surface area contributed by atoms with Crippen LogP contribution in [0.25, 0.3) is 0 Å². The third-order valence-corrected chi connectivity index (χ3v) is 4.21. The SMILES string of the molecule is COc1cc(/C=N\NC(=O)c2ccc(O)cc2)cc([N+](=O)[O-])c1OCc1ccccc1. The minimum atomic E-state index is -0.574. The number of nitro groups is 1. The van der Waals surface area contributed by atoms with Crippen LogP contribution < -0.4 is 14.9 Å². The predicted octanol–water partition coefficient (Wildman–Crippen LogP) is 3.65. The summed E-state index contributed by atoms with van der Waals surface area (Å²) in [6.07, 6.45) is 1.26. The van der Waals surface area contributed by atoms with Gasteiger partial charge in [0.1, 0.15) is 12.4 Å². The molecule has 1 amide bonds. The molecule has 9 heteroatoms. The van der Waals surface area contributed by atoms with E-state index in [1.165, 1.54) is 49.7 Å². The molecule has 31 heavy (non-hydrogen) atoms. The number of ether oxygens (including phenoxy) is 2. The molecule has 0 atom stereocenters. The van der Waals surface area contributed by atoms with E-state index in [4.69, 9.17) is 9.47 Å². The lowest BCUT2D eigenvalue weighted by Gasteiger charge is -2.12. The number of methoxy groups -OCH3 is 1. The highest BCUT2D eigenvalue weighted by molar-refractivity contribution is 5.95. The first-order chi connectivity index (χ1) is 15.0. The summed E-state index contributed by atoms with van der Waals surface area (Å²) in [4.78, 5) is 23.1. The monoisotopic (exact) mass is 421 g/mol. The van der Waals surface area contributed by atoms with E-state index in [0.29, 0.717) is 11.1 Å². The summed E-state index contributed by atoms with van der Waals surface area (Å²) in [5, 5.41) is 24.7. The summed E-state index contributed by atoms with van der Waals surface area (Å²) < 4.78 is 10.9. The maximum atomic E-state index is 12.1. The predicted molar refractivity (Wildman–Crippen MR) is 114 cm³/mol. The Morgan fingerprint density at radius 3 is 2.52 bits per heavy atom. The minimum Gasteiger partial charge on any atom is -0.508 e. The number of benzene rings is 3. The van der Waals surface area contributed by atoms with Crippen LogP contribution in [0.4, 0.5) is 5.69 Å². The normalized spacial score (nSPS) is 10.6. The number of nitrogens with zero attached hydrogens (tertiary/aromatic N) is 2. The molecule has 0 aliphatic carbocycles. The van der Waals surface area contributed by atoms with Crippen LogP contribution in [0.3, 0.4) is 0 Å². The van der Waals surface area contributed by atoms with Gasteiger partial charge in [-0.25, -0.2) is 5.43 Å².